The Labute approximate surface area is 139 Å². The maximum Gasteiger partial charge on any atom is 0.357 e. The average molecular weight is 354 g/mol. The number of nitrogens with one attached hydrogen (secondary N) is 1. The van der Waals surface area contributed by atoms with Crippen molar-refractivity contribution in [3.63, 3.8) is 0 Å². The summed E-state index contributed by atoms with van der Waals surface area (Å²) < 4.78 is 24.1. The second-order valence-corrected chi connectivity index (χ2v) is 7.75. The SMILES string of the molecule is O=P1([C@H](Nc2ccc(Cl)cc2)c2ccc(O)cc2)OCCCO1. The van der Waals surface area contributed by atoms with Crippen molar-refractivity contribution >= 4 is 24.9 Å². The minimum atomic E-state index is -3.36. The third-order valence-electron chi connectivity index (χ3n) is 3.50. The van der Waals surface area contributed by atoms with Crippen LogP contribution in [0.3, 0.4) is 0 Å². The average Bonchev–Trinajstić information content (AvgIpc) is 2.56. The first kappa shape index (κ1) is 16.3. The molecule has 2 N–H and O–H groups in total. The predicted molar refractivity (Wildman–Crippen MR) is 90.1 cm³/mol. The summed E-state index contributed by atoms with van der Waals surface area (Å²) in [5.41, 5.74) is 1.46. The Morgan fingerprint density at radius 1 is 1.04 bits per heavy atom. The van der Waals surface area contributed by atoms with Crippen LogP contribution < -0.4 is 5.32 Å². The zero-order valence-electron chi connectivity index (χ0n) is 12.3. The smallest absolute Gasteiger partial charge is 0.357 e. The maximum atomic E-state index is 13.1. The molecule has 3 rings (SSSR count). The van der Waals surface area contributed by atoms with Crippen LogP contribution in [0.25, 0.3) is 0 Å². The van der Waals surface area contributed by atoms with E-state index in [1.807, 2.05) is 0 Å². The molecule has 0 spiro atoms. The monoisotopic (exact) mass is 353 g/mol. The van der Waals surface area contributed by atoms with Crippen LogP contribution in [0, 0.1) is 0 Å². The Bertz CT molecular complexity index is 695. The molecule has 2 aromatic carbocycles. The second kappa shape index (κ2) is 6.93. The number of rotatable bonds is 4. The lowest BCUT2D eigenvalue weighted by atomic mass is 10.2. The molecule has 7 heteroatoms. The van der Waals surface area contributed by atoms with Gasteiger partial charge in [0.15, 0.2) is 5.78 Å². The summed E-state index contributed by atoms with van der Waals surface area (Å²) in [7, 11) is -3.36. The number of hydrogen-bond acceptors (Lipinski definition) is 5. The van der Waals surface area contributed by atoms with Crippen LogP contribution in [0.2, 0.25) is 5.02 Å². The van der Waals surface area contributed by atoms with Crippen molar-refractivity contribution < 1.29 is 18.7 Å². The molecule has 23 heavy (non-hydrogen) atoms. The van der Waals surface area contributed by atoms with Gasteiger partial charge in [-0.2, -0.15) is 0 Å². The van der Waals surface area contributed by atoms with E-state index in [2.05, 4.69) is 5.32 Å². The van der Waals surface area contributed by atoms with Crippen molar-refractivity contribution in [2.45, 2.75) is 12.2 Å². The van der Waals surface area contributed by atoms with Gasteiger partial charge in [0.2, 0.25) is 0 Å². The van der Waals surface area contributed by atoms with E-state index in [1.54, 1.807) is 48.5 Å². The van der Waals surface area contributed by atoms with Gasteiger partial charge in [0.1, 0.15) is 5.75 Å². The molecule has 1 fully saturated rings. The van der Waals surface area contributed by atoms with Gasteiger partial charge in [-0.05, 0) is 48.4 Å². The fraction of sp³-hybridized carbons (Fsp3) is 0.250. The van der Waals surface area contributed by atoms with Crippen LogP contribution in [0.4, 0.5) is 5.69 Å². The molecular formula is C16H17ClNO4P. The molecule has 1 atom stereocenters. The quantitative estimate of drug-likeness (QED) is 0.774. The van der Waals surface area contributed by atoms with Crippen LogP contribution in [-0.4, -0.2) is 18.3 Å². The molecule has 1 aliphatic rings. The van der Waals surface area contributed by atoms with E-state index >= 15 is 0 Å². The Morgan fingerprint density at radius 2 is 1.65 bits per heavy atom. The summed E-state index contributed by atoms with van der Waals surface area (Å²) in [5, 5.41) is 13.3. The van der Waals surface area contributed by atoms with Gasteiger partial charge in [-0.1, -0.05) is 23.7 Å². The topological polar surface area (TPSA) is 67.8 Å². The molecule has 0 bridgehead atoms. The number of phenols is 1. The minimum absolute atomic E-state index is 0.141. The highest BCUT2D eigenvalue weighted by Crippen LogP contribution is 2.62. The van der Waals surface area contributed by atoms with Crippen LogP contribution in [0.5, 0.6) is 5.75 Å². The first-order valence-corrected chi connectivity index (χ1v) is 9.26. The van der Waals surface area contributed by atoms with E-state index in [4.69, 9.17) is 20.6 Å². The zero-order valence-corrected chi connectivity index (χ0v) is 14.0. The number of hydrogen-bond donors (Lipinski definition) is 2. The Kier molecular flexibility index (Phi) is 4.93. The van der Waals surface area contributed by atoms with Crippen molar-refractivity contribution in [3.05, 3.63) is 59.1 Å². The van der Waals surface area contributed by atoms with E-state index < -0.39 is 13.4 Å². The first-order chi connectivity index (χ1) is 11.1. The highest BCUT2D eigenvalue weighted by molar-refractivity contribution is 7.54. The van der Waals surface area contributed by atoms with E-state index in [9.17, 15) is 9.67 Å². The minimum Gasteiger partial charge on any atom is -0.508 e. The van der Waals surface area contributed by atoms with E-state index in [-0.39, 0.29) is 5.75 Å². The largest absolute Gasteiger partial charge is 0.508 e. The van der Waals surface area contributed by atoms with Gasteiger partial charge in [0.25, 0.3) is 0 Å². The standard InChI is InChI=1S/C16H17ClNO4P/c17-13-4-6-14(7-5-13)18-16(12-2-8-15(19)9-3-12)23(20)21-10-1-11-22-23/h2-9,16,18-19H,1,10-11H2/t16-/m0/s1. The summed E-state index contributed by atoms with van der Waals surface area (Å²) in [6, 6.07) is 13.6. The molecule has 0 radical (unpaired) electrons. The summed E-state index contributed by atoms with van der Waals surface area (Å²) in [6.45, 7) is 0.794. The fourth-order valence-corrected chi connectivity index (χ4v) is 4.44. The summed E-state index contributed by atoms with van der Waals surface area (Å²) in [5.74, 6) is -0.521. The molecule has 1 saturated heterocycles. The highest BCUT2D eigenvalue weighted by Gasteiger charge is 2.39. The lowest BCUT2D eigenvalue weighted by molar-refractivity contribution is 0.141. The van der Waals surface area contributed by atoms with Crippen molar-refractivity contribution in [3.8, 4) is 5.75 Å². The molecule has 122 valence electrons. The Hall–Kier alpha value is -1.52. The maximum absolute atomic E-state index is 13.1. The van der Waals surface area contributed by atoms with Gasteiger partial charge in [0, 0.05) is 10.7 Å². The Morgan fingerprint density at radius 3 is 2.26 bits per heavy atom. The van der Waals surface area contributed by atoms with E-state index in [1.165, 1.54) is 0 Å². The number of aromatic hydroxyl groups is 1. The third kappa shape index (κ3) is 3.88. The molecule has 2 aromatic rings. The van der Waals surface area contributed by atoms with Crippen LogP contribution in [0.1, 0.15) is 17.8 Å². The number of benzene rings is 2. The molecule has 1 heterocycles. The van der Waals surface area contributed by atoms with Gasteiger partial charge >= 0.3 is 7.60 Å². The van der Waals surface area contributed by atoms with E-state index in [0.717, 1.165) is 5.69 Å². The molecule has 1 aliphatic heterocycles. The second-order valence-electron chi connectivity index (χ2n) is 5.21. The summed E-state index contributed by atoms with van der Waals surface area (Å²) in [4.78, 5) is 0. The number of halogens is 1. The van der Waals surface area contributed by atoms with Gasteiger partial charge in [-0.15, -0.1) is 0 Å². The predicted octanol–water partition coefficient (Wildman–Crippen LogP) is 4.79. The lowest BCUT2D eigenvalue weighted by Crippen LogP contribution is -2.19. The Balaban J connectivity index is 1.93. The van der Waals surface area contributed by atoms with Crippen LogP contribution in [0.15, 0.2) is 48.5 Å². The fourth-order valence-electron chi connectivity index (χ4n) is 2.33. The van der Waals surface area contributed by atoms with Gasteiger partial charge in [-0.25, -0.2) is 0 Å². The normalized spacial score (nSPS) is 18.3. The molecule has 0 unspecified atom stereocenters. The lowest BCUT2D eigenvalue weighted by Gasteiger charge is -2.31. The van der Waals surface area contributed by atoms with Crippen molar-refractivity contribution in [2.75, 3.05) is 18.5 Å². The van der Waals surface area contributed by atoms with Gasteiger partial charge in [-0.3, -0.25) is 4.57 Å². The highest BCUT2D eigenvalue weighted by atomic mass is 35.5. The first-order valence-electron chi connectivity index (χ1n) is 7.27. The number of anilines is 1. The van der Waals surface area contributed by atoms with Crippen molar-refractivity contribution in [1.29, 1.82) is 0 Å². The summed E-state index contributed by atoms with van der Waals surface area (Å²) in [6.07, 6.45) is 0.716. The molecule has 0 aromatic heterocycles. The van der Waals surface area contributed by atoms with Crippen LogP contribution in [-0.2, 0) is 13.6 Å². The van der Waals surface area contributed by atoms with Crippen LogP contribution >= 0.6 is 19.2 Å². The van der Waals surface area contributed by atoms with Gasteiger partial charge in [0.05, 0.1) is 13.2 Å². The van der Waals surface area contributed by atoms with Gasteiger partial charge < -0.3 is 19.5 Å². The molecule has 5 nitrogen and oxygen atoms in total. The van der Waals surface area contributed by atoms with Crippen molar-refractivity contribution in [1.82, 2.24) is 0 Å². The zero-order chi connectivity index (χ0) is 16.3. The summed E-state index contributed by atoms with van der Waals surface area (Å²) >= 11 is 5.90. The molecule has 0 amide bonds. The van der Waals surface area contributed by atoms with E-state index in [0.29, 0.717) is 30.2 Å². The van der Waals surface area contributed by atoms with Crippen molar-refractivity contribution in [2.24, 2.45) is 0 Å². The molecular weight excluding hydrogens is 337 g/mol. The number of phenolic OH excluding ortho intramolecular Hbond substituents is 1. The molecule has 0 aliphatic carbocycles. The molecule has 0 saturated carbocycles. The third-order valence-corrected chi connectivity index (χ3v) is 5.90.